The van der Waals surface area contributed by atoms with Gasteiger partial charge in [-0.1, -0.05) is 16.4 Å². The lowest BCUT2D eigenvalue weighted by atomic mass is 10.3. The zero-order chi connectivity index (χ0) is 10.7. The highest BCUT2D eigenvalue weighted by molar-refractivity contribution is 7.11. The van der Waals surface area contributed by atoms with Gasteiger partial charge in [-0.2, -0.15) is 0 Å². The molecule has 0 aliphatic heterocycles. The smallest absolute Gasteiger partial charge is 0.358 e. The van der Waals surface area contributed by atoms with Gasteiger partial charge in [-0.25, -0.2) is 9.78 Å². The van der Waals surface area contributed by atoms with Crippen molar-refractivity contribution in [3.63, 3.8) is 0 Å². The molecule has 0 aliphatic carbocycles. The van der Waals surface area contributed by atoms with E-state index in [0.29, 0.717) is 0 Å². The number of carboxylic acids is 1. The molecule has 2 heterocycles. The molecule has 1 N–H and O–H groups in total. The Labute approximate surface area is 88.2 Å². The van der Waals surface area contributed by atoms with E-state index >= 15 is 0 Å². The van der Waals surface area contributed by atoms with Crippen LogP contribution in [0.3, 0.4) is 0 Å². The van der Waals surface area contributed by atoms with Crippen molar-refractivity contribution in [3.05, 3.63) is 29.5 Å². The normalized spacial score (nSPS) is 9.87. The van der Waals surface area contributed by atoms with Crippen LogP contribution in [-0.4, -0.2) is 26.3 Å². The number of hydrogen-bond acceptors (Lipinski definition) is 6. The van der Waals surface area contributed by atoms with Crippen molar-refractivity contribution < 1.29 is 14.6 Å². The maximum Gasteiger partial charge on any atom is 0.358 e. The van der Waals surface area contributed by atoms with Crippen LogP contribution in [0.25, 0.3) is 0 Å². The Morgan fingerprint density at radius 3 is 3.07 bits per heavy atom. The first-order chi connectivity index (χ1) is 7.27. The number of pyridine rings is 1. The minimum atomic E-state index is -1.14. The Hall–Kier alpha value is -2.02. The molecule has 2 aromatic rings. The van der Waals surface area contributed by atoms with Crippen molar-refractivity contribution in [1.29, 1.82) is 0 Å². The number of aromatic carboxylic acids is 1. The van der Waals surface area contributed by atoms with Crippen molar-refractivity contribution in [2.24, 2.45) is 0 Å². The van der Waals surface area contributed by atoms with Gasteiger partial charge < -0.3 is 9.84 Å². The van der Waals surface area contributed by atoms with Crippen molar-refractivity contribution in [1.82, 2.24) is 15.2 Å². The van der Waals surface area contributed by atoms with Crippen molar-refractivity contribution >= 4 is 17.3 Å². The maximum atomic E-state index is 10.8. The van der Waals surface area contributed by atoms with Crippen LogP contribution in [0.5, 0.6) is 10.9 Å². The molecule has 15 heavy (non-hydrogen) atoms. The second-order valence-corrected chi connectivity index (χ2v) is 3.26. The molecule has 0 bridgehead atoms. The molecule has 2 rings (SSSR count). The van der Waals surface area contributed by atoms with Crippen molar-refractivity contribution in [3.8, 4) is 10.9 Å². The molecule has 0 unspecified atom stereocenters. The number of hydrogen-bond donors (Lipinski definition) is 1. The fourth-order valence-corrected chi connectivity index (χ4v) is 1.35. The molecule has 2 aromatic heterocycles. The summed E-state index contributed by atoms with van der Waals surface area (Å²) in [6.07, 6.45) is 1.39. The quantitative estimate of drug-likeness (QED) is 0.847. The topological polar surface area (TPSA) is 85.2 Å². The highest BCUT2D eigenvalue weighted by Gasteiger charge is 2.13. The van der Waals surface area contributed by atoms with Gasteiger partial charge in [-0.15, -0.1) is 5.10 Å². The first-order valence-corrected chi connectivity index (χ1v) is 4.77. The number of carboxylic acid groups (broad SMARTS) is 1. The van der Waals surface area contributed by atoms with Crippen LogP contribution in [0.2, 0.25) is 0 Å². The monoisotopic (exact) mass is 223 g/mol. The average Bonchev–Trinajstić information content (AvgIpc) is 2.71. The van der Waals surface area contributed by atoms with Crippen LogP contribution in [0, 0.1) is 0 Å². The Kier molecular flexibility index (Phi) is 2.55. The van der Waals surface area contributed by atoms with Gasteiger partial charge in [-0.05, 0) is 12.1 Å². The van der Waals surface area contributed by atoms with Crippen LogP contribution >= 0.6 is 11.3 Å². The predicted octanol–water partition coefficient (Wildman–Crippen LogP) is 1.42. The zero-order valence-corrected chi connectivity index (χ0v) is 8.14. The van der Waals surface area contributed by atoms with E-state index in [0.717, 1.165) is 0 Å². The molecular weight excluding hydrogens is 218 g/mol. The Morgan fingerprint density at radius 1 is 1.53 bits per heavy atom. The van der Waals surface area contributed by atoms with Gasteiger partial charge >= 0.3 is 5.97 Å². The van der Waals surface area contributed by atoms with E-state index in [1.807, 2.05) is 0 Å². The average molecular weight is 223 g/mol. The largest absolute Gasteiger partial charge is 0.476 e. The van der Waals surface area contributed by atoms with E-state index in [-0.39, 0.29) is 16.6 Å². The molecule has 0 amide bonds. The summed E-state index contributed by atoms with van der Waals surface area (Å²) in [6.45, 7) is 0. The highest BCUT2D eigenvalue weighted by Crippen LogP contribution is 2.24. The molecule has 76 valence electrons. The van der Waals surface area contributed by atoms with Crippen LogP contribution < -0.4 is 4.74 Å². The summed E-state index contributed by atoms with van der Waals surface area (Å²) in [5, 5.41) is 16.3. The molecule has 0 aliphatic rings. The summed E-state index contributed by atoms with van der Waals surface area (Å²) in [5.74, 6) is -0.989. The Balaban J connectivity index is 2.32. The van der Waals surface area contributed by atoms with E-state index < -0.39 is 5.97 Å². The summed E-state index contributed by atoms with van der Waals surface area (Å²) < 4.78 is 5.21. The lowest BCUT2D eigenvalue weighted by Crippen LogP contribution is -2.02. The van der Waals surface area contributed by atoms with Gasteiger partial charge in [0.1, 0.15) is 5.51 Å². The van der Waals surface area contributed by atoms with Gasteiger partial charge in [0, 0.05) is 6.20 Å². The molecule has 0 atom stereocenters. The first kappa shape index (κ1) is 9.53. The number of rotatable bonds is 3. The maximum absolute atomic E-state index is 10.8. The molecule has 0 radical (unpaired) electrons. The summed E-state index contributed by atoms with van der Waals surface area (Å²) in [5.41, 5.74) is 1.35. The molecule has 0 aromatic carbocycles. The second-order valence-electron chi connectivity index (χ2n) is 2.46. The lowest BCUT2D eigenvalue weighted by Gasteiger charge is -2.02. The standard InChI is InChI=1S/C8H5N3O3S/c12-7(13)6-5(2-1-3-9-6)14-8-11-10-4-15-8/h1-4H,(H,12,13). The molecule has 0 spiro atoms. The Morgan fingerprint density at radius 2 is 2.40 bits per heavy atom. The highest BCUT2D eigenvalue weighted by atomic mass is 32.1. The summed E-state index contributed by atoms with van der Waals surface area (Å²) in [7, 11) is 0. The third-order valence-electron chi connectivity index (χ3n) is 1.51. The van der Waals surface area contributed by atoms with Crippen LogP contribution in [-0.2, 0) is 0 Å². The fourth-order valence-electron chi connectivity index (χ4n) is 0.935. The van der Waals surface area contributed by atoms with E-state index in [2.05, 4.69) is 15.2 Å². The lowest BCUT2D eigenvalue weighted by molar-refractivity contribution is 0.0687. The van der Waals surface area contributed by atoms with Gasteiger partial charge in [0.2, 0.25) is 0 Å². The third kappa shape index (κ3) is 2.08. The molecule has 7 heteroatoms. The summed E-state index contributed by atoms with van der Waals surface area (Å²) in [4.78, 5) is 14.5. The van der Waals surface area contributed by atoms with Crippen molar-refractivity contribution in [2.45, 2.75) is 0 Å². The van der Waals surface area contributed by atoms with Crippen molar-refractivity contribution in [2.75, 3.05) is 0 Å². The number of ether oxygens (including phenoxy) is 1. The minimum absolute atomic E-state index is 0.146. The Bertz CT molecular complexity index is 472. The van der Waals surface area contributed by atoms with Gasteiger partial charge in [0.25, 0.3) is 5.19 Å². The molecular formula is C8H5N3O3S. The predicted molar refractivity (Wildman–Crippen MR) is 51.2 cm³/mol. The first-order valence-electron chi connectivity index (χ1n) is 3.89. The number of nitrogens with zero attached hydrogens (tertiary/aromatic N) is 3. The summed E-state index contributed by atoms with van der Waals surface area (Å²) in [6, 6.07) is 3.10. The SMILES string of the molecule is O=C(O)c1ncccc1Oc1nncs1. The van der Waals surface area contributed by atoms with Crippen LogP contribution in [0.1, 0.15) is 10.5 Å². The fraction of sp³-hybridized carbons (Fsp3) is 0. The van der Waals surface area contributed by atoms with E-state index in [1.165, 1.54) is 29.1 Å². The molecule has 6 nitrogen and oxygen atoms in total. The summed E-state index contributed by atoms with van der Waals surface area (Å²) >= 11 is 1.17. The number of carbonyl (C=O) groups is 1. The molecule has 0 saturated heterocycles. The van der Waals surface area contributed by atoms with E-state index in [4.69, 9.17) is 9.84 Å². The van der Waals surface area contributed by atoms with E-state index in [9.17, 15) is 4.79 Å². The third-order valence-corrected chi connectivity index (χ3v) is 2.08. The van der Waals surface area contributed by atoms with Gasteiger partial charge in [0.05, 0.1) is 0 Å². The molecule has 0 fully saturated rings. The van der Waals surface area contributed by atoms with Gasteiger partial charge in [0.15, 0.2) is 11.4 Å². The molecule has 0 saturated carbocycles. The van der Waals surface area contributed by atoms with Crippen LogP contribution in [0.15, 0.2) is 23.8 Å². The minimum Gasteiger partial charge on any atom is -0.476 e. The zero-order valence-electron chi connectivity index (χ0n) is 7.32. The van der Waals surface area contributed by atoms with Gasteiger partial charge in [-0.3, -0.25) is 0 Å². The van der Waals surface area contributed by atoms with Crippen LogP contribution in [0.4, 0.5) is 0 Å². The van der Waals surface area contributed by atoms with E-state index in [1.54, 1.807) is 6.07 Å². The second kappa shape index (κ2) is 4.01. The number of aromatic nitrogens is 3.